The zero-order chi connectivity index (χ0) is 15.3. The van der Waals surface area contributed by atoms with Crippen molar-refractivity contribution < 1.29 is 27.4 Å². The van der Waals surface area contributed by atoms with Crippen LogP contribution in [0.5, 0.6) is 11.5 Å². The van der Waals surface area contributed by atoms with Crippen LogP contribution < -0.4 is 14.2 Å². The number of benzene rings is 1. The number of hydrogen-bond donors (Lipinski definition) is 1. The molecule has 1 amide bonds. The van der Waals surface area contributed by atoms with Gasteiger partial charge in [0.05, 0.1) is 14.2 Å². The van der Waals surface area contributed by atoms with E-state index in [1.807, 2.05) is 4.72 Å². The molecule has 0 saturated carbocycles. The third-order valence-corrected chi connectivity index (χ3v) is 4.58. The van der Waals surface area contributed by atoms with Gasteiger partial charge in [0.1, 0.15) is 11.5 Å². The summed E-state index contributed by atoms with van der Waals surface area (Å²) in [6, 6.07) is 2.69. The fraction of sp³-hybridized carbons (Fsp3) is 0.364. The molecule has 0 aromatic heterocycles. The van der Waals surface area contributed by atoms with Gasteiger partial charge in [-0.3, -0.25) is 4.79 Å². The molecule has 112 valence electrons. The number of amides is 1. The molecule has 9 heteroatoms. The Morgan fingerprint density at radius 1 is 1.20 bits per heavy atom. The van der Waals surface area contributed by atoms with Gasteiger partial charge in [0.2, 0.25) is 0 Å². The molecule has 1 N–H and O–H groups in total. The fourth-order valence-corrected chi connectivity index (χ4v) is 3.41. The maximum Gasteiger partial charge on any atom is 0.265 e. The second-order valence-electron chi connectivity index (χ2n) is 3.60. The van der Waals surface area contributed by atoms with E-state index < -0.39 is 15.9 Å². The van der Waals surface area contributed by atoms with Crippen molar-refractivity contribution in [1.82, 2.24) is 4.72 Å². The van der Waals surface area contributed by atoms with Crippen LogP contribution in [0.25, 0.3) is 0 Å². The monoisotopic (exact) mass is 367 g/mol. The van der Waals surface area contributed by atoms with Gasteiger partial charge in [0, 0.05) is 17.6 Å². The van der Waals surface area contributed by atoms with E-state index in [2.05, 4.69) is 20.7 Å². The normalized spacial score (nSPS) is 11.0. The van der Waals surface area contributed by atoms with E-state index in [-0.39, 0.29) is 21.7 Å². The van der Waals surface area contributed by atoms with Crippen LogP contribution in [-0.4, -0.2) is 42.3 Å². The second-order valence-corrected chi connectivity index (χ2v) is 6.10. The highest BCUT2D eigenvalue weighted by atomic mass is 79.9. The maximum absolute atomic E-state index is 12.1. The quantitative estimate of drug-likeness (QED) is 0.803. The Kier molecular flexibility index (Phi) is 5.78. The highest BCUT2D eigenvalue weighted by molar-refractivity contribution is 9.10. The third kappa shape index (κ3) is 3.84. The summed E-state index contributed by atoms with van der Waals surface area (Å²) in [7, 11) is 0.0683. The van der Waals surface area contributed by atoms with Crippen molar-refractivity contribution in [2.45, 2.75) is 4.90 Å². The number of nitrogens with one attached hydrogen (secondary N) is 1. The van der Waals surface area contributed by atoms with Crippen molar-refractivity contribution in [3.63, 3.8) is 0 Å². The average Bonchev–Trinajstić information content (AvgIpc) is 2.37. The third-order valence-electron chi connectivity index (χ3n) is 2.25. The molecule has 0 bridgehead atoms. The molecular formula is C11H14BrNO6S. The molecule has 0 spiro atoms. The molecule has 1 rings (SSSR count). The van der Waals surface area contributed by atoms with Crippen LogP contribution in [0.15, 0.2) is 21.5 Å². The van der Waals surface area contributed by atoms with Crippen molar-refractivity contribution in [3.8, 4) is 11.5 Å². The molecule has 1 aromatic carbocycles. The summed E-state index contributed by atoms with van der Waals surface area (Å²) in [5.74, 6) is -0.175. The van der Waals surface area contributed by atoms with E-state index in [0.717, 1.165) is 0 Å². The Balaban J connectivity index is 3.21. The maximum atomic E-state index is 12.1. The summed E-state index contributed by atoms with van der Waals surface area (Å²) in [6.45, 7) is -0.357. The molecule has 0 unspecified atom stereocenters. The fourth-order valence-electron chi connectivity index (χ4n) is 1.41. The Hall–Kier alpha value is -1.32. The SMILES string of the molecule is COCC(=O)NS(=O)(=O)c1cc(OC)c(OC)cc1Br. The minimum atomic E-state index is -4.03. The number of rotatable bonds is 6. The number of halogens is 1. The lowest BCUT2D eigenvalue weighted by atomic mass is 10.3. The molecule has 20 heavy (non-hydrogen) atoms. The molecule has 0 heterocycles. The minimum Gasteiger partial charge on any atom is -0.493 e. The molecule has 0 aliphatic carbocycles. The van der Waals surface area contributed by atoms with Gasteiger partial charge in [-0.25, -0.2) is 13.1 Å². The lowest BCUT2D eigenvalue weighted by Gasteiger charge is -2.12. The van der Waals surface area contributed by atoms with Gasteiger partial charge in [0.15, 0.2) is 11.5 Å². The summed E-state index contributed by atoms with van der Waals surface area (Å²) < 4.78 is 41.0. The van der Waals surface area contributed by atoms with Crippen molar-refractivity contribution in [2.75, 3.05) is 27.9 Å². The average molecular weight is 368 g/mol. The van der Waals surface area contributed by atoms with Gasteiger partial charge in [-0.05, 0) is 22.0 Å². The zero-order valence-electron chi connectivity index (χ0n) is 11.1. The van der Waals surface area contributed by atoms with Gasteiger partial charge in [-0.15, -0.1) is 0 Å². The Bertz CT molecular complexity index is 601. The van der Waals surface area contributed by atoms with Gasteiger partial charge in [-0.2, -0.15) is 0 Å². The van der Waals surface area contributed by atoms with Crippen LogP contribution in [0.1, 0.15) is 0 Å². The largest absolute Gasteiger partial charge is 0.493 e. The van der Waals surface area contributed by atoms with Crippen molar-refractivity contribution in [1.29, 1.82) is 0 Å². The molecule has 1 aromatic rings. The number of sulfonamides is 1. The molecule has 7 nitrogen and oxygen atoms in total. The van der Waals surface area contributed by atoms with Crippen LogP contribution in [-0.2, 0) is 19.6 Å². The summed E-state index contributed by atoms with van der Waals surface area (Å²) in [4.78, 5) is 11.2. The van der Waals surface area contributed by atoms with Gasteiger partial charge in [-0.1, -0.05) is 0 Å². The minimum absolute atomic E-state index is 0.139. The van der Waals surface area contributed by atoms with E-state index in [0.29, 0.717) is 5.75 Å². The van der Waals surface area contributed by atoms with E-state index >= 15 is 0 Å². The summed E-state index contributed by atoms with van der Waals surface area (Å²) in [6.07, 6.45) is 0. The first-order valence-corrected chi connectivity index (χ1v) is 7.59. The van der Waals surface area contributed by atoms with Crippen molar-refractivity contribution in [2.24, 2.45) is 0 Å². The van der Waals surface area contributed by atoms with Crippen molar-refractivity contribution in [3.05, 3.63) is 16.6 Å². The molecule has 0 fully saturated rings. The summed E-state index contributed by atoms with van der Waals surface area (Å²) in [5, 5.41) is 0. The van der Waals surface area contributed by atoms with Gasteiger partial charge >= 0.3 is 0 Å². The number of methoxy groups -OCH3 is 3. The van der Waals surface area contributed by atoms with Crippen LogP contribution in [0.4, 0.5) is 0 Å². The lowest BCUT2D eigenvalue weighted by molar-refractivity contribution is -0.122. The van der Waals surface area contributed by atoms with Gasteiger partial charge < -0.3 is 14.2 Å². The lowest BCUT2D eigenvalue weighted by Crippen LogP contribution is -2.33. The van der Waals surface area contributed by atoms with E-state index in [1.54, 1.807) is 0 Å². The molecular weight excluding hydrogens is 354 g/mol. The predicted octanol–water partition coefficient (Wildman–Crippen LogP) is 0.918. The van der Waals surface area contributed by atoms with Crippen LogP contribution >= 0.6 is 15.9 Å². The molecule has 0 aliphatic rings. The van der Waals surface area contributed by atoms with Crippen LogP contribution in [0.3, 0.4) is 0 Å². The highest BCUT2D eigenvalue weighted by Crippen LogP contribution is 2.35. The standard InChI is InChI=1S/C11H14BrNO6S/c1-17-6-11(14)13-20(15,16)10-5-9(19-3)8(18-2)4-7(10)12/h4-5H,6H2,1-3H3,(H,13,14). The topological polar surface area (TPSA) is 90.9 Å². The first-order valence-electron chi connectivity index (χ1n) is 5.31. The van der Waals surface area contributed by atoms with E-state index in [9.17, 15) is 13.2 Å². The van der Waals surface area contributed by atoms with Crippen LogP contribution in [0, 0.1) is 0 Å². The summed E-state index contributed by atoms with van der Waals surface area (Å²) in [5.41, 5.74) is 0. The Morgan fingerprint density at radius 2 is 1.75 bits per heavy atom. The second kappa shape index (κ2) is 6.91. The first kappa shape index (κ1) is 16.7. The zero-order valence-corrected chi connectivity index (χ0v) is 13.5. The van der Waals surface area contributed by atoms with Gasteiger partial charge in [0.25, 0.3) is 15.9 Å². The number of carbonyl (C=O) groups is 1. The van der Waals surface area contributed by atoms with E-state index in [1.165, 1.54) is 33.5 Å². The number of ether oxygens (including phenoxy) is 3. The van der Waals surface area contributed by atoms with Crippen LogP contribution in [0.2, 0.25) is 0 Å². The number of carbonyl (C=O) groups excluding carboxylic acids is 1. The first-order chi connectivity index (χ1) is 9.35. The Labute approximate surface area is 125 Å². The number of hydrogen-bond acceptors (Lipinski definition) is 6. The molecule has 0 radical (unpaired) electrons. The molecule has 0 saturated heterocycles. The highest BCUT2D eigenvalue weighted by Gasteiger charge is 2.23. The summed E-state index contributed by atoms with van der Waals surface area (Å²) >= 11 is 3.12. The van der Waals surface area contributed by atoms with Crippen molar-refractivity contribution >= 4 is 31.9 Å². The predicted molar refractivity (Wildman–Crippen MR) is 74.5 cm³/mol. The smallest absolute Gasteiger partial charge is 0.265 e. The molecule has 0 atom stereocenters. The molecule has 0 aliphatic heterocycles. The Morgan fingerprint density at radius 3 is 2.25 bits per heavy atom. The van der Waals surface area contributed by atoms with E-state index in [4.69, 9.17) is 9.47 Å².